The average molecular weight is 539 g/mol. The largest absolute Gasteiger partial charge is 0.496 e. The number of halogens is 5. The van der Waals surface area contributed by atoms with Crippen LogP contribution in [0.2, 0.25) is 10.0 Å². The Hall–Kier alpha value is -3.69. The summed E-state index contributed by atoms with van der Waals surface area (Å²) in [6.07, 6.45) is -5.02. The molecule has 0 amide bonds. The molecule has 1 aromatic heterocycles. The first kappa shape index (κ1) is 25.4. The molecule has 186 valence electrons. The summed E-state index contributed by atoms with van der Waals surface area (Å²) < 4.78 is 62.6. The molecule has 6 nitrogen and oxygen atoms in total. The van der Waals surface area contributed by atoms with Crippen LogP contribution in [0.1, 0.15) is 16.1 Å². The quantitative estimate of drug-likeness (QED) is 0.201. The number of para-hydroxylation sites is 1. The number of carbonyl (C=O) groups excluding carboxylic acids is 1. The van der Waals surface area contributed by atoms with E-state index >= 15 is 0 Å². The Morgan fingerprint density at radius 2 is 1.64 bits per heavy atom. The van der Waals surface area contributed by atoms with Crippen molar-refractivity contribution in [3.8, 4) is 28.4 Å². The van der Waals surface area contributed by atoms with Crippen LogP contribution in [0.25, 0.3) is 22.1 Å². The highest BCUT2D eigenvalue weighted by Gasteiger charge is 2.40. The molecular formula is C25H15Cl2F3O6. The van der Waals surface area contributed by atoms with Gasteiger partial charge in [0.2, 0.25) is 11.2 Å². The van der Waals surface area contributed by atoms with Crippen LogP contribution in [0.5, 0.6) is 17.2 Å². The molecule has 0 aliphatic carbocycles. The zero-order valence-corrected chi connectivity index (χ0v) is 20.0. The van der Waals surface area contributed by atoms with Crippen LogP contribution >= 0.6 is 23.2 Å². The number of benzene rings is 3. The maximum atomic E-state index is 14.0. The fourth-order valence-corrected chi connectivity index (χ4v) is 4.07. The van der Waals surface area contributed by atoms with E-state index in [1.165, 1.54) is 56.7 Å². The van der Waals surface area contributed by atoms with Gasteiger partial charge in [0, 0.05) is 11.6 Å². The lowest BCUT2D eigenvalue weighted by molar-refractivity contribution is -0.152. The van der Waals surface area contributed by atoms with E-state index in [1.807, 2.05) is 0 Å². The summed E-state index contributed by atoms with van der Waals surface area (Å²) in [5.74, 6) is -2.68. The third-order valence-corrected chi connectivity index (χ3v) is 5.79. The molecule has 0 saturated heterocycles. The number of hydrogen-bond donors (Lipinski definition) is 0. The normalized spacial score (nSPS) is 11.4. The van der Waals surface area contributed by atoms with Gasteiger partial charge >= 0.3 is 12.1 Å². The second kappa shape index (κ2) is 9.75. The second-order valence-electron chi connectivity index (χ2n) is 7.32. The fourth-order valence-electron chi connectivity index (χ4n) is 3.61. The smallest absolute Gasteiger partial charge is 0.450 e. The minimum atomic E-state index is -5.02. The average Bonchev–Trinajstić information content (AvgIpc) is 2.84. The molecule has 0 aliphatic heterocycles. The van der Waals surface area contributed by atoms with E-state index in [0.717, 1.165) is 6.07 Å². The maximum absolute atomic E-state index is 14.0. The van der Waals surface area contributed by atoms with Gasteiger partial charge in [-0.3, -0.25) is 4.79 Å². The molecule has 3 aromatic carbocycles. The monoisotopic (exact) mass is 538 g/mol. The first-order valence-electron chi connectivity index (χ1n) is 10.1. The molecule has 36 heavy (non-hydrogen) atoms. The molecule has 0 radical (unpaired) electrons. The van der Waals surface area contributed by atoms with Gasteiger partial charge in [0.05, 0.1) is 35.2 Å². The molecule has 4 aromatic rings. The van der Waals surface area contributed by atoms with E-state index in [4.69, 9.17) is 41.8 Å². The van der Waals surface area contributed by atoms with E-state index in [2.05, 4.69) is 0 Å². The lowest BCUT2D eigenvalue weighted by Crippen LogP contribution is -2.16. The van der Waals surface area contributed by atoms with Crippen molar-refractivity contribution in [2.45, 2.75) is 6.18 Å². The Labute approximate surface area is 211 Å². The van der Waals surface area contributed by atoms with Gasteiger partial charge in [-0.2, -0.15) is 13.2 Å². The number of carbonyl (C=O) groups is 1. The number of methoxy groups -OCH3 is 2. The van der Waals surface area contributed by atoms with Crippen molar-refractivity contribution in [2.75, 3.05) is 14.2 Å². The number of alkyl halides is 3. The third-order valence-electron chi connectivity index (χ3n) is 5.18. The van der Waals surface area contributed by atoms with Crippen molar-refractivity contribution >= 4 is 40.1 Å². The lowest BCUT2D eigenvalue weighted by Gasteiger charge is -2.15. The Morgan fingerprint density at radius 1 is 0.944 bits per heavy atom. The summed E-state index contributed by atoms with van der Waals surface area (Å²) in [7, 11) is 2.55. The number of rotatable bonds is 5. The highest BCUT2D eigenvalue weighted by molar-refractivity contribution is 6.37. The number of hydrogen-bond acceptors (Lipinski definition) is 6. The summed E-state index contributed by atoms with van der Waals surface area (Å²) in [6.45, 7) is 0. The van der Waals surface area contributed by atoms with Gasteiger partial charge in [-0.25, -0.2) is 4.79 Å². The van der Waals surface area contributed by atoms with Gasteiger partial charge in [-0.15, -0.1) is 0 Å². The molecule has 0 unspecified atom stereocenters. The van der Waals surface area contributed by atoms with Gasteiger partial charge in [0.1, 0.15) is 22.6 Å². The summed E-state index contributed by atoms with van der Waals surface area (Å²) in [4.78, 5) is 26.0. The van der Waals surface area contributed by atoms with E-state index in [1.54, 1.807) is 6.07 Å². The number of fused-ring (bicyclic) bond motifs is 1. The van der Waals surface area contributed by atoms with Crippen molar-refractivity contribution in [1.29, 1.82) is 0 Å². The standard InChI is InChI=1S/C25H15Cl2F3O6/c1-33-17-6-4-3-5-13(17)19-21(31)14-8-7-12(11-18(14)36-23(19)25(28,29)30)35-24(32)20-15(26)9-10-16(27)22(20)34-2/h3-11H,1-2H3. The molecule has 11 heteroatoms. The van der Waals surface area contributed by atoms with E-state index in [-0.39, 0.29) is 43.8 Å². The zero-order chi connectivity index (χ0) is 26.2. The van der Waals surface area contributed by atoms with Crippen molar-refractivity contribution < 1.29 is 36.6 Å². The summed E-state index contributed by atoms with van der Waals surface area (Å²) in [6, 6.07) is 12.0. The summed E-state index contributed by atoms with van der Waals surface area (Å²) in [5, 5.41) is -0.0894. The Balaban J connectivity index is 1.85. The summed E-state index contributed by atoms with van der Waals surface area (Å²) in [5.41, 5.74) is -2.35. The fraction of sp³-hybridized carbons (Fsp3) is 0.120. The van der Waals surface area contributed by atoms with E-state index in [9.17, 15) is 22.8 Å². The SMILES string of the molecule is COc1ccccc1-c1c(C(F)(F)F)oc2cc(OC(=O)c3c(Cl)ccc(Cl)c3OC)ccc2c1=O. The first-order valence-corrected chi connectivity index (χ1v) is 10.9. The molecule has 1 heterocycles. The lowest BCUT2D eigenvalue weighted by atomic mass is 10.0. The number of esters is 1. The van der Waals surface area contributed by atoms with Crippen LogP contribution in [0.3, 0.4) is 0 Å². The summed E-state index contributed by atoms with van der Waals surface area (Å²) >= 11 is 12.1. The van der Waals surface area contributed by atoms with Crippen molar-refractivity contribution in [1.82, 2.24) is 0 Å². The van der Waals surface area contributed by atoms with Gasteiger partial charge in [0.25, 0.3) is 0 Å². The van der Waals surface area contributed by atoms with Crippen LogP contribution in [-0.4, -0.2) is 20.2 Å². The predicted molar refractivity (Wildman–Crippen MR) is 127 cm³/mol. The van der Waals surface area contributed by atoms with Crippen LogP contribution < -0.4 is 19.6 Å². The van der Waals surface area contributed by atoms with Crippen molar-refractivity contribution in [2.24, 2.45) is 0 Å². The molecule has 0 atom stereocenters. The van der Waals surface area contributed by atoms with Gasteiger partial charge < -0.3 is 18.6 Å². The van der Waals surface area contributed by atoms with Crippen molar-refractivity contribution in [3.05, 3.63) is 86.2 Å². The van der Waals surface area contributed by atoms with Crippen LogP contribution in [0.15, 0.2) is 63.8 Å². The molecule has 4 rings (SSSR count). The Bertz CT molecular complexity index is 1550. The van der Waals surface area contributed by atoms with Gasteiger partial charge in [-0.05, 0) is 30.3 Å². The van der Waals surface area contributed by atoms with Crippen LogP contribution in [0.4, 0.5) is 13.2 Å². The molecule has 0 aliphatic rings. The number of ether oxygens (including phenoxy) is 3. The molecular weight excluding hydrogens is 524 g/mol. The van der Waals surface area contributed by atoms with Crippen LogP contribution in [-0.2, 0) is 6.18 Å². The highest BCUT2D eigenvalue weighted by atomic mass is 35.5. The van der Waals surface area contributed by atoms with E-state index in [0.29, 0.717) is 0 Å². The maximum Gasteiger partial charge on any atom is 0.450 e. The molecule has 0 fully saturated rings. The molecule has 0 saturated carbocycles. The molecule has 0 N–H and O–H groups in total. The van der Waals surface area contributed by atoms with Gasteiger partial charge in [0.15, 0.2) is 5.75 Å². The minimum Gasteiger partial charge on any atom is -0.496 e. The first-order chi connectivity index (χ1) is 17.1. The Kier molecular flexibility index (Phi) is 6.88. The molecule has 0 bridgehead atoms. The third kappa shape index (κ3) is 4.59. The van der Waals surface area contributed by atoms with Crippen molar-refractivity contribution in [3.63, 3.8) is 0 Å². The molecule has 0 spiro atoms. The van der Waals surface area contributed by atoms with Crippen LogP contribution in [0, 0.1) is 0 Å². The minimum absolute atomic E-state index is 0.0191. The Morgan fingerprint density at radius 3 is 2.31 bits per heavy atom. The second-order valence-corrected chi connectivity index (χ2v) is 8.13. The van der Waals surface area contributed by atoms with Gasteiger partial charge in [-0.1, -0.05) is 41.4 Å². The topological polar surface area (TPSA) is 75.0 Å². The predicted octanol–water partition coefficient (Wildman–Crippen LogP) is 7.02. The highest BCUT2D eigenvalue weighted by Crippen LogP contribution is 2.41. The zero-order valence-electron chi connectivity index (χ0n) is 18.5. The van der Waals surface area contributed by atoms with E-state index < -0.39 is 34.5 Å².